The van der Waals surface area contributed by atoms with Gasteiger partial charge in [-0.25, -0.2) is 9.67 Å². The van der Waals surface area contributed by atoms with E-state index in [2.05, 4.69) is 15.4 Å². The molecule has 154 valence electrons. The topological polar surface area (TPSA) is 92.8 Å². The van der Waals surface area contributed by atoms with Gasteiger partial charge in [0.05, 0.1) is 27.5 Å². The third-order valence-corrected chi connectivity index (χ3v) is 4.55. The smallest absolute Gasteiger partial charge is 0.253 e. The van der Waals surface area contributed by atoms with Crippen molar-refractivity contribution in [1.29, 1.82) is 5.26 Å². The summed E-state index contributed by atoms with van der Waals surface area (Å²) in [6.07, 6.45) is 1.48. The van der Waals surface area contributed by atoms with Crippen molar-refractivity contribution in [3.63, 3.8) is 0 Å². The van der Waals surface area contributed by atoms with Gasteiger partial charge in [-0.15, -0.1) is 0 Å². The highest BCUT2D eigenvalue weighted by Crippen LogP contribution is 2.30. The van der Waals surface area contributed by atoms with Crippen molar-refractivity contribution in [2.45, 2.75) is 40.2 Å². The van der Waals surface area contributed by atoms with Crippen LogP contribution in [0, 0.1) is 25.2 Å². The van der Waals surface area contributed by atoms with Gasteiger partial charge in [-0.3, -0.25) is 4.79 Å². The van der Waals surface area contributed by atoms with Gasteiger partial charge in [0, 0.05) is 17.8 Å². The number of rotatable bonds is 4. The predicted octanol–water partition coefficient (Wildman–Crippen LogP) is 4.73. The molecule has 2 heterocycles. The number of benzene rings is 1. The molecule has 0 saturated heterocycles. The fraction of sp³-hybridized carbons (Fsp3) is 0.273. The molecule has 0 unspecified atom stereocenters. The van der Waals surface area contributed by atoms with Gasteiger partial charge < -0.3 is 10.1 Å². The number of nitrogens with zero attached hydrogens (tertiary/aromatic N) is 4. The van der Waals surface area contributed by atoms with E-state index in [0.29, 0.717) is 33.5 Å². The first-order valence-electron chi connectivity index (χ1n) is 9.31. The third kappa shape index (κ3) is 4.61. The number of hydrogen-bond acceptors (Lipinski definition) is 5. The van der Waals surface area contributed by atoms with E-state index in [1.165, 1.54) is 6.20 Å². The zero-order valence-corrected chi connectivity index (χ0v) is 18.2. The van der Waals surface area contributed by atoms with Crippen LogP contribution in [0.5, 0.6) is 11.6 Å². The van der Waals surface area contributed by atoms with E-state index in [1.807, 2.05) is 40.7 Å². The SMILES string of the molecule is Cc1nn(-c2ccc(C#N)c(Cl)c2)c(C)c1Oc1ccc(C(=O)NC(C)(C)C)cn1. The van der Waals surface area contributed by atoms with E-state index in [0.717, 1.165) is 11.4 Å². The Morgan fingerprint density at radius 3 is 2.53 bits per heavy atom. The van der Waals surface area contributed by atoms with Crippen molar-refractivity contribution < 1.29 is 9.53 Å². The molecule has 0 aliphatic carbocycles. The number of aromatic nitrogens is 3. The van der Waals surface area contributed by atoms with E-state index in [4.69, 9.17) is 21.6 Å². The molecular weight excluding hydrogens is 402 g/mol. The lowest BCUT2D eigenvalue weighted by Gasteiger charge is -2.20. The largest absolute Gasteiger partial charge is 0.435 e. The summed E-state index contributed by atoms with van der Waals surface area (Å²) in [4.78, 5) is 16.5. The first-order valence-corrected chi connectivity index (χ1v) is 9.69. The summed E-state index contributed by atoms with van der Waals surface area (Å²) in [5, 5.41) is 16.8. The summed E-state index contributed by atoms with van der Waals surface area (Å²) >= 11 is 6.15. The Morgan fingerprint density at radius 2 is 1.97 bits per heavy atom. The number of hydrogen-bond donors (Lipinski definition) is 1. The molecule has 0 radical (unpaired) electrons. The van der Waals surface area contributed by atoms with E-state index >= 15 is 0 Å². The molecule has 0 atom stereocenters. The van der Waals surface area contributed by atoms with Gasteiger partial charge in [-0.05, 0) is 58.9 Å². The van der Waals surface area contributed by atoms with Crippen molar-refractivity contribution >= 4 is 17.5 Å². The Hall–Kier alpha value is -3.37. The van der Waals surface area contributed by atoms with Crippen molar-refractivity contribution in [2.24, 2.45) is 0 Å². The lowest BCUT2D eigenvalue weighted by molar-refractivity contribution is 0.0919. The van der Waals surface area contributed by atoms with Crippen LogP contribution in [0.3, 0.4) is 0 Å². The minimum atomic E-state index is -0.330. The molecule has 1 amide bonds. The average Bonchev–Trinajstić information content (AvgIpc) is 2.95. The van der Waals surface area contributed by atoms with E-state index in [1.54, 1.807) is 35.0 Å². The van der Waals surface area contributed by atoms with E-state index < -0.39 is 0 Å². The van der Waals surface area contributed by atoms with Gasteiger partial charge in [-0.2, -0.15) is 10.4 Å². The van der Waals surface area contributed by atoms with Crippen LogP contribution in [-0.4, -0.2) is 26.2 Å². The second kappa shape index (κ2) is 8.17. The highest BCUT2D eigenvalue weighted by Gasteiger charge is 2.18. The number of carbonyl (C=O) groups is 1. The summed E-state index contributed by atoms with van der Waals surface area (Å²) in [6, 6.07) is 10.5. The third-order valence-electron chi connectivity index (χ3n) is 4.24. The number of carbonyl (C=O) groups excluding carboxylic acids is 1. The van der Waals surface area contributed by atoms with Gasteiger partial charge in [0.25, 0.3) is 5.91 Å². The molecule has 0 saturated carbocycles. The van der Waals surface area contributed by atoms with Crippen LogP contribution >= 0.6 is 11.6 Å². The molecule has 0 fully saturated rings. The number of pyridine rings is 1. The second-order valence-corrected chi connectivity index (χ2v) is 8.29. The predicted molar refractivity (Wildman–Crippen MR) is 114 cm³/mol. The Morgan fingerprint density at radius 1 is 1.23 bits per heavy atom. The molecule has 2 aromatic heterocycles. The summed E-state index contributed by atoms with van der Waals surface area (Å²) in [5.74, 6) is 0.722. The van der Waals surface area contributed by atoms with Gasteiger partial charge in [0.2, 0.25) is 5.88 Å². The number of nitriles is 1. The number of aryl methyl sites for hydroxylation is 1. The molecular formula is C22H22ClN5O2. The van der Waals surface area contributed by atoms with E-state index in [-0.39, 0.29) is 11.4 Å². The number of amides is 1. The molecule has 30 heavy (non-hydrogen) atoms. The Labute approximate surface area is 180 Å². The summed E-state index contributed by atoms with van der Waals surface area (Å²) in [5.41, 5.74) is 2.67. The maximum Gasteiger partial charge on any atom is 0.253 e. The van der Waals surface area contributed by atoms with Crippen molar-refractivity contribution in [1.82, 2.24) is 20.1 Å². The Bertz CT molecular complexity index is 1140. The Balaban J connectivity index is 1.84. The first-order chi connectivity index (χ1) is 14.1. The molecule has 0 aliphatic heterocycles. The molecule has 7 nitrogen and oxygen atoms in total. The monoisotopic (exact) mass is 423 g/mol. The molecule has 1 aromatic carbocycles. The molecule has 8 heteroatoms. The van der Waals surface area contributed by atoms with Gasteiger partial charge in [0.1, 0.15) is 11.8 Å². The molecule has 0 bridgehead atoms. The van der Waals surface area contributed by atoms with Gasteiger partial charge in [-0.1, -0.05) is 11.6 Å². The van der Waals surface area contributed by atoms with Crippen LogP contribution in [-0.2, 0) is 0 Å². The zero-order valence-electron chi connectivity index (χ0n) is 17.4. The zero-order chi connectivity index (χ0) is 22.1. The molecule has 3 rings (SSSR count). The first kappa shape index (κ1) is 21.3. The number of halogens is 1. The summed E-state index contributed by atoms with van der Waals surface area (Å²) in [7, 11) is 0. The fourth-order valence-electron chi connectivity index (χ4n) is 2.85. The molecule has 1 N–H and O–H groups in total. The minimum Gasteiger partial charge on any atom is -0.435 e. The molecule has 3 aromatic rings. The van der Waals surface area contributed by atoms with Crippen LogP contribution in [0.2, 0.25) is 5.02 Å². The maximum atomic E-state index is 12.2. The highest BCUT2D eigenvalue weighted by atomic mass is 35.5. The summed E-state index contributed by atoms with van der Waals surface area (Å²) in [6.45, 7) is 9.45. The van der Waals surface area contributed by atoms with Crippen molar-refractivity contribution in [3.05, 3.63) is 64.1 Å². The standard InChI is InChI=1S/C22H22ClN5O2/c1-13-20(14(2)28(27-13)17-8-6-15(11-24)18(23)10-17)30-19-9-7-16(12-25-19)21(29)26-22(3,4)5/h6-10,12H,1-5H3,(H,26,29). The Kier molecular flexibility index (Phi) is 5.81. The lowest BCUT2D eigenvalue weighted by atomic mass is 10.1. The maximum absolute atomic E-state index is 12.2. The number of nitrogens with one attached hydrogen (secondary N) is 1. The van der Waals surface area contributed by atoms with Gasteiger partial charge >= 0.3 is 0 Å². The van der Waals surface area contributed by atoms with Gasteiger partial charge in [0.15, 0.2) is 5.75 Å². The van der Waals surface area contributed by atoms with Crippen LogP contribution in [0.1, 0.15) is 48.1 Å². The fourth-order valence-corrected chi connectivity index (χ4v) is 3.06. The van der Waals surface area contributed by atoms with E-state index in [9.17, 15) is 4.79 Å². The summed E-state index contributed by atoms with van der Waals surface area (Å²) < 4.78 is 7.64. The average molecular weight is 424 g/mol. The van der Waals surface area contributed by atoms with Crippen LogP contribution < -0.4 is 10.1 Å². The second-order valence-electron chi connectivity index (χ2n) is 7.88. The minimum absolute atomic E-state index is 0.195. The lowest BCUT2D eigenvalue weighted by Crippen LogP contribution is -2.40. The highest BCUT2D eigenvalue weighted by molar-refractivity contribution is 6.31. The molecule has 0 spiro atoms. The van der Waals surface area contributed by atoms with Crippen LogP contribution in [0.4, 0.5) is 0 Å². The molecule has 0 aliphatic rings. The van der Waals surface area contributed by atoms with Crippen molar-refractivity contribution in [3.8, 4) is 23.4 Å². The van der Waals surface area contributed by atoms with Crippen LogP contribution in [0.25, 0.3) is 5.69 Å². The van der Waals surface area contributed by atoms with Crippen LogP contribution in [0.15, 0.2) is 36.5 Å². The number of ether oxygens (including phenoxy) is 1. The quantitative estimate of drug-likeness (QED) is 0.654. The normalized spacial score (nSPS) is 11.1. The van der Waals surface area contributed by atoms with Crippen molar-refractivity contribution in [2.75, 3.05) is 0 Å².